The molecule has 18 N–H and O–H groups in total. The molecule has 20 nitrogen and oxygen atoms in total. The van der Waals surface area contributed by atoms with Gasteiger partial charge in [-0.15, -0.1) is 0 Å². The molecule has 3 unspecified atom stereocenters. The molecule has 32 heavy (non-hydrogen) atoms. The molecule has 0 aromatic heterocycles. The molecule has 0 bridgehead atoms. The Labute approximate surface area is 176 Å². The quantitative estimate of drug-likeness (QED) is 0.122. The summed E-state index contributed by atoms with van der Waals surface area (Å²) in [5.41, 5.74) is -3.01. The first-order valence-electron chi connectivity index (χ1n) is 6.47. The lowest BCUT2D eigenvalue weighted by Crippen LogP contribution is -2.43. The number of rotatable bonds is 10. The summed E-state index contributed by atoms with van der Waals surface area (Å²) in [5.74, 6) is -10.8. The molecule has 0 rings (SSSR count). The van der Waals surface area contributed by atoms with Crippen LogP contribution in [-0.2, 0) is 38.2 Å². The van der Waals surface area contributed by atoms with Gasteiger partial charge in [0.15, 0.2) is 24.4 Å². The average molecular weight is 490 g/mol. The second-order valence-corrected chi connectivity index (χ2v) is 4.77. The lowest BCUT2D eigenvalue weighted by Gasteiger charge is -2.20. The SMILES string of the molecule is O.O.O.O.O.O.O=C(O)CC(O)(CC(=O)OCC(=O)OC(=O)C(O)C(O)C(=O)O)C(=O)O. The number of carbonyl (C=O) groups excluding carboxylic acids is 3. The Morgan fingerprint density at radius 2 is 1.16 bits per heavy atom. The van der Waals surface area contributed by atoms with Crippen LogP contribution < -0.4 is 0 Å². The molecule has 0 aliphatic heterocycles. The molecule has 0 aromatic carbocycles. The zero-order valence-electron chi connectivity index (χ0n) is 15.7. The van der Waals surface area contributed by atoms with Gasteiger partial charge in [0.05, 0.1) is 12.8 Å². The van der Waals surface area contributed by atoms with Crippen molar-refractivity contribution in [2.45, 2.75) is 30.7 Å². The van der Waals surface area contributed by atoms with E-state index in [1.54, 1.807) is 0 Å². The fourth-order valence-corrected chi connectivity index (χ4v) is 1.36. The van der Waals surface area contributed by atoms with Crippen LogP contribution in [0.2, 0.25) is 0 Å². The summed E-state index contributed by atoms with van der Waals surface area (Å²) in [6.07, 6.45) is -7.89. The summed E-state index contributed by atoms with van der Waals surface area (Å²) < 4.78 is 8.05. The fourth-order valence-electron chi connectivity index (χ4n) is 1.36. The molecule has 0 aliphatic carbocycles. The van der Waals surface area contributed by atoms with Crippen molar-refractivity contribution in [1.82, 2.24) is 0 Å². The first kappa shape index (κ1) is 46.7. The van der Waals surface area contributed by atoms with Gasteiger partial charge in [0.1, 0.15) is 0 Å². The average Bonchev–Trinajstić information content (AvgIpc) is 2.50. The molecule has 0 saturated carbocycles. The van der Waals surface area contributed by atoms with E-state index in [0.29, 0.717) is 0 Å². The van der Waals surface area contributed by atoms with Crippen LogP contribution in [0.1, 0.15) is 12.8 Å². The Kier molecular flexibility index (Phi) is 28.6. The maximum absolute atomic E-state index is 11.4. The highest BCUT2D eigenvalue weighted by Gasteiger charge is 2.41. The van der Waals surface area contributed by atoms with Crippen molar-refractivity contribution in [2.24, 2.45) is 0 Å². The number of carboxylic acids is 3. The van der Waals surface area contributed by atoms with Crippen molar-refractivity contribution >= 4 is 35.8 Å². The van der Waals surface area contributed by atoms with Crippen LogP contribution in [0.5, 0.6) is 0 Å². The van der Waals surface area contributed by atoms with E-state index in [1.807, 2.05) is 0 Å². The fraction of sp³-hybridized carbons (Fsp3) is 0.500. The van der Waals surface area contributed by atoms with E-state index in [9.17, 15) is 33.9 Å². The van der Waals surface area contributed by atoms with Crippen LogP contribution in [-0.4, -0.2) is 124 Å². The third kappa shape index (κ3) is 15.5. The van der Waals surface area contributed by atoms with Crippen LogP contribution in [0.15, 0.2) is 0 Å². The predicted molar refractivity (Wildman–Crippen MR) is 92.8 cm³/mol. The van der Waals surface area contributed by atoms with Gasteiger partial charge in [-0.1, -0.05) is 0 Å². The molecular formula is C12H26O20. The number of ether oxygens (including phenoxy) is 2. The molecule has 0 heterocycles. The maximum atomic E-state index is 11.4. The Morgan fingerprint density at radius 1 is 0.719 bits per heavy atom. The zero-order chi connectivity index (χ0) is 20.7. The van der Waals surface area contributed by atoms with E-state index in [1.165, 1.54) is 0 Å². The van der Waals surface area contributed by atoms with Gasteiger partial charge in [-0.05, 0) is 0 Å². The third-order valence-electron chi connectivity index (χ3n) is 2.64. The minimum Gasteiger partial charge on any atom is -0.481 e. The van der Waals surface area contributed by atoms with Gasteiger partial charge < -0.3 is 73.0 Å². The normalized spacial score (nSPS) is 12.2. The molecule has 0 saturated heterocycles. The van der Waals surface area contributed by atoms with E-state index in [-0.39, 0.29) is 32.9 Å². The highest BCUT2D eigenvalue weighted by atomic mass is 16.6. The first-order valence-corrected chi connectivity index (χ1v) is 6.47. The molecule has 194 valence electrons. The highest BCUT2D eigenvalue weighted by molar-refractivity contribution is 5.93. The maximum Gasteiger partial charge on any atom is 0.351 e. The second kappa shape index (κ2) is 19.6. The van der Waals surface area contributed by atoms with Crippen LogP contribution in [0.3, 0.4) is 0 Å². The predicted octanol–water partition coefficient (Wildman–Crippen LogP) is -8.86. The Hall–Kier alpha value is -3.34. The van der Waals surface area contributed by atoms with Gasteiger partial charge in [-0.2, -0.15) is 0 Å². The number of aliphatic hydroxyl groups is 3. The van der Waals surface area contributed by atoms with Gasteiger partial charge in [0, 0.05) is 0 Å². The molecule has 0 aliphatic rings. The summed E-state index contributed by atoms with van der Waals surface area (Å²) in [6, 6.07) is 0. The summed E-state index contributed by atoms with van der Waals surface area (Å²) in [7, 11) is 0. The van der Waals surface area contributed by atoms with Crippen molar-refractivity contribution in [3.05, 3.63) is 0 Å². The van der Waals surface area contributed by atoms with E-state index < -0.39 is 73.1 Å². The minimum absolute atomic E-state index is 0. The van der Waals surface area contributed by atoms with Crippen molar-refractivity contribution in [3.63, 3.8) is 0 Å². The standard InChI is InChI=1S/C12H14O14.6H2O/c13-4(14)1-12(24,11(22)23)2-5(15)25-3-6(16)26-10(21)8(18)7(17)9(19)20;;;;;;/h7-8,17-18,24H,1-3H2,(H,13,14)(H,19,20)(H,22,23);6*1H2. The number of hydrogen-bond acceptors (Lipinski definition) is 11. The van der Waals surface area contributed by atoms with Crippen molar-refractivity contribution < 1.29 is 102 Å². The van der Waals surface area contributed by atoms with E-state index in [2.05, 4.69) is 9.47 Å². The topological polar surface area (TPSA) is 431 Å². The van der Waals surface area contributed by atoms with Gasteiger partial charge in [-0.25, -0.2) is 19.2 Å². The highest BCUT2D eigenvalue weighted by Crippen LogP contribution is 2.17. The van der Waals surface area contributed by atoms with Gasteiger partial charge in [-0.3, -0.25) is 9.59 Å². The van der Waals surface area contributed by atoms with Crippen LogP contribution in [0.4, 0.5) is 0 Å². The van der Waals surface area contributed by atoms with Gasteiger partial charge in [0.25, 0.3) is 0 Å². The number of carboxylic acid groups (broad SMARTS) is 3. The van der Waals surface area contributed by atoms with E-state index >= 15 is 0 Å². The third-order valence-corrected chi connectivity index (χ3v) is 2.64. The first-order chi connectivity index (χ1) is 11.8. The number of esters is 3. The van der Waals surface area contributed by atoms with E-state index in [4.69, 9.17) is 25.5 Å². The van der Waals surface area contributed by atoms with Crippen molar-refractivity contribution in [1.29, 1.82) is 0 Å². The summed E-state index contributed by atoms with van der Waals surface area (Å²) in [5, 5.41) is 53.0. The van der Waals surface area contributed by atoms with Crippen molar-refractivity contribution in [2.75, 3.05) is 6.61 Å². The second-order valence-electron chi connectivity index (χ2n) is 4.77. The number of hydrogen-bond donors (Lipinski definition) is 6. The molecule has 0 spiro atoms. The Balaban J connectivity index is -0.000000208. The van der Waals surface area contributed by atoms with E-state index in [0.717, 1.165) is 0 Å². The zero-order valence-corrected chi connectivity index (χ0v) is 15.7. The molecule has 3 atom stereocenters. The summed E-state index contributed by atoms with van der Waals surface area (Å²) >= 11 is 0. The molecule has 0 amide bonds. The molecule has 0 aromatic rings. The Morgan fingerprint density at radius 3 is 1.50 bits per heavy atom. The molecular weight excluding hydrogens is 464 g/mol. The van der Waals surface area contributed by atoms with Crippen LogP contribution >= 0.6 is 0 Å². The molecule has 0 radical (unpaired) electrons. The molecule has 20 heteroatoms. The summed E-state index contributed by atoms with van der Waals surface area (Å²) in [6.45, 7) is -1.32. The Bertz CT molecular complexity index is 614. The minimum atomic E-state index is -3.01. The van der Waals surface area contributed by atoms with Crippen molar-refractivity contribution in [3.8, 4) is 0 Å². The largest absolute Gasteiger partial charge is 0.481 e. The smallest absolute Gasteiger partial charge is 0.351 e. The van der Waals surface area contributed by atoms with Crippen LogP contribution in [0.25, 0.3) is 0 Å². The number of aliphatic hydroxyl groups excluding tert-OH is 2. The van der Waals surface area contributed by atoms with Crippen LogP contribution in [0, 0.1) is 0 Å². The monoisotopic (exact) mass is 490 g/mol. The number of aliphatic carboxylic acids is 3. The van der Waals surface area contributed by atoms with Gasteiger partial charge in [0.2, 0.25) is 0 Å². The number of carbonyl (C=O) groups is 6. The van der Waals surface area contributed by atoms with Gasteiger partial charge >= 0.3 is 35.8 Å². The lowest BCUT2D eigenvalue weighted by molar-refractivity contribution is -0.180. The molecule has 0 fully saturated rings. The summed E-state index contributed by atoms with van der Waals surface area (Å²) in [4.78, 5) is 65.3. The lowest BCUT2D eigenvalue weighted by atomic mass is 9.96.